The van der Waals surface area contributed by atoms with Gasteiger partial charge in [-0.05, 0) is 24.3 Å². The molecule has 0 saturated heterocycles. The maximum absolute atomic E-state index is 4.29. The van der Waals surface area contributed by atoms with Gasteiger partial charge in [-0.25, -0.2) is 0 Å². The molecule has 0 radical (unpaired) electrons. The second-order valence-electron chi connectivity index (χ2n) is 4.25. The summed E-state index contributed by atoms with van der Waals surface area (Å²) in [5.41, 5.74) is 2.07. The van der Waals surface area contributed by atoms with Gasteiger partial charge in [0.25, 0.3) is 0 Å². The van der Waals surface area contributed by atoms with E-state index in [1.165, 1.54) is 0 Å². The van der Waals surface area contributed by atoms with Crippen LogP contribution in [0.1, 0.15) is 0 Å². The third-order valence-electron chi connectivity index (χ3n) is 2.81. The molecular formula is C16H18N4. The average molecular weight is 266 g/mol. The van der Waals surface area contributed by atoms with Crippen molar-refractivity contribution < 1.29 is 0 Å². The molecule has 102 valence electrons. The molecule has 0 unspecified atom stereocenters. The van der Waals surface area contributed by atoms with Crippen molar-refractivity contribution >= 4 is 23.8 Å². The third-order valence-corrected chi connectivity index (χ3v) is 2.81. The maximum atomic E-state index is 4.29. The van der Waals surface area contributed by atoms with Crippen LogP contribution in [0.15, 0.2) is 70.9 Å². The zero-order chi connectivity index (χ0) is 14.2. The highest BCUT2D eigenvalue weighted by atomic mass is 15.4. The van der Waals surface area contributed by atoms with Gasteiger partial charge in [0.2, 0.25) is 0 Å². The fraction of sp³-hybridized carbons (Fsp3) is 0.125. The van der Waals surface area contributed by atoms with Crippen molar-refractivity contribution in [2.45, 2.75) is 0 Å². The van der Waals surface area contributed by atoms with Crippen LogP contribution >= 0.6 is 0 Å². The predicted octanol–water partition coefficient (Wildman–Crippen LogP) is 3.23. The Morgan fingerprint density at radius 3 is 1.35 bits per heavy atom. The second kappa shape index (κ2) is 7.09. The molecule has 0 N–H and O–H groups in total. The standard InChI is InChI=1S/C16H18N4/c1-19(15-9-5-3-6-10-15)17-13-14-18-20(2)16-11-7-4-8-12-16/h3-14H,1-2H3/b17-13+,18-14?. The molecule has 0 amide bonds. The third kappa shape index (κ3) is 3.95. The highest BCUT2D eigenvalue weighted by molar-refractivity contribution is 6.16. The Morgan fingerprint density at radius 1 is 0.650 bits per heavy atom. The van der Waals surface area contributed by atoms with E-state index in [0.29, 0.717) is 0 Å². The number of hydrazone groups is 2. The Balaban J connectivity index is 1.91. The smallest absolute Gasteiger partial charge is 0.0675 e. The highest BCUT2D eigenvalue weighted by Crippen LogP contribution is 2.11. The average Bonchev–Trinajstić information content (AvgIpc) is 2.53. The normalized spacial score (nSPS) is 11.1. The largest absolute Gasteiger partial charge is 0.269 e. The molecule has 0 heterocycles. The van der Waals surface area contributed by atoms with Crippen molar-refractivity contribution in [3.8, 4) is 0 Å². The molecule has 0 fully saturated rings. The van der Waals surface area contributed by atoms with Gasteiger partial charge in [-0.2, -0.15) is 10.2 Å². The van der Waals surface area contributed by atoms with Gasteiger partial charge in [0, 0.05) is 14.1 Å². The maximum Gasteiger partial charge on any atom is 0.0675 e. The SMILES string of the molecule is CN(N=C/C=N/N(C)c1ccccc1)c1ccccc1. The summed E-state index contributed by atoms with van der Waals surface area (Å²) in [6, 6.07) is 19.9. The number of hydrogen-bond donors (Lipinski definition) is 0. The predicted molar refractivity (Wildman–Crippen MR) is 86.7 cm³/mol. The van der Waals surface area contributed by atoms with E-state index in [1.807, 2.05) is 74.8 Å². The fourth-order valence-corrected chi connectivity index (χ4v) is 1.68. The number of nitrogens with zero attached hydrogens (tertiary/aromatic N) is 4. The molecule has 0 aliphatic carbocycles. The summed E-state index contributed by atoms with van der Waals surface area (Å²) in [5.74, 6) is 0. The minimum Gasteiger partial charge on any atom is -0.269 e. The Hall–Kier alpha value is -2.62. The summed E-state index contributed by atoms with van der Waals surface area (Å²) in [6.07, 6.45) is 3.35. The van der Waals surface area contributed by atoms with Crippen molar-refractivity contribution in [2.24, 2.45) is 10.2 Å². The topological polar surface area (TPSA) is 31.2 Å². The van der Waals surface area contributed by atoms with E-state index in [-0.39, 0.29) is 0 Å². The lowest BCUT2D eigenvalue weighted by Gasteiger charge is -2.12. The first-order chi connectivity index (χ1) is 9.77. The Bertz CT molecular complexity index is 510. The molecule has 0 bridgehead atoms. The van der Waals surface area contributed by atoms with Crippen molar-refractivity contribution in [2.75, 3.05) is 24.1 Å². The second-order valence-corrected chi connectivity index (χ2v) is 4.25. The van der Waals surface area contributed by atoms with Crippen LogP contribution in [0.2, 0.25) is 0 Å². The minimum absolute atomic E-state index is 1.04. The molecule has 0 atom stereocenters. The van der Waals surface area contributed by atoms with Crippen molar-refractivity contribution in [3.63, 3.8) is 0 Å². The summed E-state index contributed by atoms with van der Waals surface area (Å²) in [7, 11) is 3.81. The zero-order valence-electron chi connectivity index (χ0n) is 11.7. The first-order valence-electron chi connectivity index (χ1n) is 6.41. The van der Waals surface area contributed by atoms with E-state index >= 15 is 0 Å². The van der Waals surface area contributed by atoms with Crippen LogP contribution in [-0.4, -0.2) is 26.5 Å². The molecule has 4 nitrogen and oxygen atoms in total. The van der Waals surface area contributed by atoms with Crippen molar-refractivity contribution in [1.82, 2.24) is 0 Å². The summed E-state index contributed by atoms with van der Waals surface area (Å²) < 4.78 is 0. The lowest BCUT2D eigenvalue weighted by Crippen LogP contribution is -2.10. The molecule has 2 aromatic rings. The van der Waals surface area contributed by atoms with Gasteiger partial charge >= 0.3 is 0 Å². The molecule has 0 aromatic heterocycles. The minimum atomic E-state index is 1.04. The zero-order valence-corrected chi connectivity index (χ0v) is 11.7. The Kier molecular flexibility index (Phi) is 4.89. The number of hydrogen-bond acceptors (Lipinski definition) is 4. The Labute approximate surface area is 119 Å². The van der Waals surface area contributed by atoms with E-state index in [1.54, 1.807) is 22.4 Å². The molecule has 0 aliphatic rings. The van der Waals surface area contributed by atoms with E-state index < -0.39 is 0 Å². The molecule has 20 heavy (non-hydrogen) atoms. The van der Waals surface area contributed by atoms with E-state index in [0.717, 1.165) is 11.4 Å². The van der Waals surface area contributed by atoms with Crippen LogP contribution < -0.4 is 10.0 Å². The van der Waals surface area contributed by atoms with E-state index in [9.17, 15) is 0 Å². The van der Waals surface area contributed by atoms with Crippen LogP contribution in [0.4, 0.5) is 11.4 Å². The quantitative estimate of drug-likeness (QED) is 0.614. The van der Waals surface area contributed by atoms with Crippen LogP contribution in [-0.2, 0) is 0 Å². The van der Waals surface area contributed by atoms with Crippen molar-refractivity contribution in [3.05, 3.63) is 60.7 Å². The molecule has 0 aliphatic heterocycles. The monoisotopic (exact) mass is 266 g/mol. The van der Waals surface area contributed by atoms with Gasteiger partial charge < -0.3 is 0 Å². The molecule has 0 saturated carbocycles. The lowest BCUT2D eigenvalue weighted by atomic mass is 10.3. The number of benzene rings is 2. The van der Waals surface area contributed by atoms with Gasteiger partial charge in [-0.3, -0.25) is 10.0 Å². The van der Waals surface area contributed by atoms with E-state index in [2.05, 4.69) is 10.2 Å². The van der Waals surface area contributed by atoms with Crippen LogP contribution in [0.5, 0.6) is 0 Å². The molecule has 0 spiro atoms. The number of anilines is 2. The van der Waals surface area contributed by atoms with Crippen LogP contribution in [0.3, 0.4) is 0 Å². The molecule has 2 aromatic carbocycles. The highest BCUT2D eigenvalue weighted by Gasteiger charge is 1.95. The van der Waals surface area contributed by atoms with Gasteiger partial charge in [0.15, 0.2) is 0 Å². The first-order valence-corrected chi connectivity index (χ1v) is 6.41. The summed E-state index contributed by atoms with van der Waals surface area (Å²) in [4.78, 5) is 0. The number of para-hydroxylation sites is 2. The van der Waals surface area contributed by atoms with Gasteiger partial charge in [0.1, 0.15) is 0 Å². The van der Waals surface area contributed by atoms with E-state index in [4.69, 9.17) is 0 Å². The molecular weight excluding hydrogens is 248 g/mol. The number of rotatable bonds is 5. The van der Waals surface area contributed by atoms with Crippen LogP contribution in [0.25, 0.3) is 0 Å². The summed E-state index contributed by atoms with van der Waals surface area (Å²) in [6.45, 7) is 0. The lowest BCUT2D eigenvalue weighted by molar-refractivity contribution is 1.02. The van der Waals surface area contributed by atoms with Crippen LogP contribution in [0, 0.1) is 0 Å². The van der Waals surface area contributed by atoms with Gasteiger partial charge in [0.05, 0.1) is 23.8 Å². The first kappa shape index (κ1) is 13.8. The fourth-order valence-electron chi connectivity index (χ4n) is 1.68. The molecule has 4 heteroatoms. The van der Waals surface area contributed by atoms with Crippen molar-refractivity contribution in [1.29, 1.82) is 0 Å². The molecule has 2 rings (SSSR count). The Morgan fingerprint density at radius 2 is 1.00 bits per heavy atom. The summed E-state index contributed by atoms with van der Waals surface area (Å²) in [5, 5.41) is 12.2. The van der Waals surface area contributed by atoms with Gasteiger partial charge in [-0.15, -0.1) is 0 Å². The van der Waals surface area contributed by atoms with Gasteiger partial charge in [-0.1, -0.05) is 36.4 Å². The summed E-state index contributed by atoms with van der Waals surface area (Å²) >= 11 is 0.